The van der Waals surface area contributed by atoms with Gasteiger partial charge < -0.3 is 9.63 Å². The average molecular weight is 350 g/mol. The third-order valence-corrected chi connectivity index (χ3v) is 3.91. The smallest absolute Gasteiger partial charge is 0.258 e. The zero-order valence-electron chi connectivity index (χ0n) is 8.68. The number of aliphatic hydroxyl groups is 1. The Morgan fingerprint density at radius 1 is 1.62 bits per heavy atom. The molecule has 0 aliphatic carbocycles. The van der Waals surface area contributed by atoms with Crippen molar-refractivity contribution in [2.75, 3.05) is 0 Å². The molecule has 0 amide bonds. The van der Waals surface area contributed by atoms with Crippen LogP contribution >= 0.6 is 33.9 Å². The molecule has 2 aromatic rings. The largest absolute Gasteiger partial charge is 0.385 e. The lowest BCUT2D eigenvalue weighted by molar-refractivity contribution is 0.153. The summed E-state index contributed by atoms with van der Waals surface area (Å²) < 4.78 is 6.28. The summed E-state index contributed by atoms with van der Waals surface area (Å²) >= 11 is 3.86. The molecule has 0 fully saturated rings. The van der Waals surface area contributed by atoms with E-state index in [-0.39, 0.29) is 0 Å². The van der Waals surface area contributed by atoms with Crippen molar-refractivity contribution in [1.82, 2.24) is 10.1 Å². The molecule has 16 heavy (non-hydrogen) atoms. The summed E-state index contributed by atoms with van der Waals surface area (Å²) in [5.74, 6) is 0.849. The predicted molar refractivity (Wildman–Crippen MR) is 70.2 cm³/mol. The van der Waals surface area contributed by atoms with Gasteiger partial charge in [-0.15, -0.1) is 11.3 Å². The van der Waals surface area contributed by atoms with Gasteiger partial charge >= 0.3 is 0 Å². The summed E-state index contributed by atoms with van der Waals surface area (Å²) in [7, 11) is 0. The van der Waals surface area contributed by atoms with Crippen molar-refractivity contribution in [3.63, 3.8) is 0 Å². The van der Waals surface area contributed by atoms with Gasteiger partial charge in [-0.05, 0) is 35.1 Å². The Bertz CT molecular complexity index is 469. The molecular weight excluding hydrogens is 339 g/mol. The van der Waals surface area contributed by atoms with Gasteiger partial charge in [0.1, 0.15) is 6.10 Å². The van der Waals surface area contributed by atoms with E-state index in [2.05, 4.69) is 32.7 Å². The maximum atomic E-state index is 9.70. The second-order valence-electron chi connectivity index (χ2n) is 3.40. The average Bonchev–Trinajstić information content (AvgIpc) is 2.85. The van der Waals surface area contributed by atoms with Crippen molar-refractivity contribution < 1.29 is 9.63 Å². The van der Waals surface area contributed by atoms with Gasteiger partial charge in [0, 0.05) is 5.38 Å². The van der Waals surface area contributed by atoms with Crippen LogP contribution in [-0.2, 0) is 0 Å². The first kappa shape index (κ1) is 12.0. The van der Waals surface area contributed by atoms with Crippen LogP contribution in [0.15, 0.2) is 16.0 Å². The van der Waals surface area contributed by atoms with Crippen LogP contribution in [0, 0.1) is 2.88 Å². The van der Waals surface area contributed by atoms with Crippen LogP contribution in [0.3, 0.4) is 0 Å². The zero-order chi connectivity index (χ0) is 11.5. The van der Waals surface area contributed by atoms with E-state index in [0.717, 1.165) is 12.0 Å². The van der Waals surface area contributed by atoms with E-state index in [1.165, 1.54) is 2.88 Å². The molecule has 1 atom stereocenters. The maximum absolute atomic E-state index is 9.70. The molecule has 0 bridgehead atoms. The van der Waals surface area contributed by atoms with Crippen molar-refractivity contribution in [2.45, 2.75) is 25.9 Å². The number of aliphatic hydroxyl groups excluding tert-OH is 1. The van der Waals surface area contributed by atoms with Crippen molar-refractivity contribution in [3.05, 3.63) is 20.2 Å². The minimum Gasteiger partial charge on any atom is -0.385 e. The monoisotopic (exact) mass is 350 g/mol. The van der Waals surface area contributed by atoms with Gasteiger partial charge in [-0.25, -0.2) is 0 Å². The molecule has 0 saturated heterocycles. The van der Waals surface area contributed by atoms with E-state index >= 15 is 0 Å². The van der Waals surface area contributed by atoms with Crippen molar-refractivity contribution in [2.24, 2.45) is 0 Å². The molecule has 1 N–H and O–H groups in total. The highest BCUT2D eigenvalue weighted by Crippen LogP contribution is 2.26. The number of hydrogen-bond donors (Lipinski definition) is 1. The van der Waals surface area contributed by atoms with Crippen LogP contribution in [0.1, 0.15) is 31.7 Å². The Hall–Kier alpha value is -0.470. The standard InChI is InChI=1S/C10H11IN2O2S/c1-2-3-7(14)9-12-10(15-13-9)6-4-8(11)16-5-6/h4-5,7,14H,2-3H2,1H3. The van der Waals surface area contributed by atoms with E-state index in [1.807, 2.05) is 18.4 Å². The summed E-state index contributed by atoms with van der Waals surface area (Å²) in [4.78, 5) is 4.19. The van der Waals surface area contributed by atoms with Gasteiger partial charge in [-0.1, -0.05) is 18.5 Å². The van der Waals surface area contributed by atoms with Gasteiger partial charge in [0.2, 0.25) is 5.82 Å². The van der Waals surface area contributed by atoms with Crippen LogP contribution in [0.4, 0.5) is 0 Å². The molecule has 6 heteroatoms. The number of thiophene rings is 1. The lowest BCUT2D eigenvalue weighted by Crippen LogP contribution is -1.98. The molecule has 0 radical (unpaired) electrons. The number of halogens is 1. The first-order valence-corrected chi connectivity index (χ1v) is 6.92. The summed E-state index contributed by atoms with van der Waals surface area (Å²) in [6.45, 7) is 2.01. The molecule has 0 aromatic carbocycles. The number of hydrogen-bond acceptors (Lipinski definition) is 5. The summed E-state index contributed by atoms with van der Waals surface area (Å²) in [5.41, 5.74) is 0.914. The minimum atomic E-state index is -0.625. The van der Waals surface area contributed by atoms with Crippen molar-refractivity contribution in [3.8, 4) is 11.5 Å². The first-order chi connectivity index (χ1) is 7.70. The fourth-order valence-corrected chi connectivity index (χ4v) is 2.63. The lowest BCUT2D eigenvalue weighted by atomic mass is 10.2. The molecule has 86 valence electrons. The number of rotatable bonds is 4. The van der Waals surface area contributed by atoms with Crippen LogP contribution in [-0.4, -0.2) is 15.2 Å². The number of aromatic nitrogens is 2. The molecule has 0 spiro atoms. The number of nitrogens with zero attached hydrogens (tertiary/aromatic N) is 2. The van der Waals surface area contributed by atoms with Gasteiger partial charge in [0.25, 0.3) is 5.89 Å². The first-order valence-electron chi connectivity index (χ1n) is 4.96. The highest BCUT2D eigenvalue weighted by atomic mass is 127. The van der Waals surface area contributed by atoms with E-state index in [0.29, 0.717) is 18.1 Å². The van der Waals surface area contributed by atoms with Gasteiger partial charge in [0.15, 0.2) is 0 Å². The Morgan fingerprint density at radius 2 is 2.44 bits per heavy atom. The second-order valence-corrected chi connectivity index (χ2v) is 6.21. The predicted octanol–water partition coefficient (Wildman–Crippen LogP) is 3.24. The molecular formula is C10H11IN2O2S. The van der Waals surface area contributed by atoms with Crippen molar-refractivity contribution in [1.29, 1.82) is 0 Å². The molecule has 0 saturated carbocycles. The molecule has 4 nitrogen and oxygen atoms in total. The highest BCUT2D eigenvalue weighted by Gasteiger charge is 2.16. The third kappa shape index (κ3) is 2.61. The fraction of sp³-hybridized carbons (Fsp3) is 0.400. The lowest BCUT2D eigenvalue weighted by Gasteiger charge is -2.00. The molecule has 1 unspecified atom stereocenters. The third-order valence-electron chi connectivity index (χ3n) is 2.12. The molecule has 0 aliphatic rings. The minimum absolute atomic E-state index is 0.373. The van der Waals surface area contributed by atoms with E-state index in [9.17, 15) is 5.11 Å². The summed E-state index contributed by atoms with van der Waals surface area (Å²) in [6.07, 6.45) is 0.918. The quantitative estimate of drug-likeness (QED) is 0.860. The van der Waals surface area contributed by atoms with Gasteiger partial charge in [-0.3, -0.25) is 0 Å². The van der Waals surface area contributed by atoms with E-state index in [1.54, 1.807) is 11.3 Å². The molecule has 2 rings (SSSR count). The Labute approximate surface area is 111 Å². The van der Waals surface area contributed by atoms with Crippen LogP contribution in [0.2, 0.25) is 0 Å². The van der Waals surface area contributed by atoms with Crippen LogP contribution in [0.25, 0.3) is 11.5 Å². The molecule has 0 aliphatic heterocycles. The topological polar surface area (TPSA) is 59.2 Å². The maximum Gasteiger partial charge on any atom is 0.258 e. The van der Waals surface area contributed by atoms with Crippen LogP contribution < -0.4 is 0 Å². The Balaban J connectivity index is 2.19. The van der Waals surface area contributed by atoms with Crippen molar-refractivity contribution >= 4 is 33.9 Å². The van der Waals surface area contributed by atoms with E-state index in [4.69, 9.17) is 4.52 Å². The highest BCUT2D eigenvalue weighted by molar-refractivity contribution is 14.1. The Morgan fingerprint density at radius 3 is 3.06 bits per heavy atom. The summed E-state index contributed by atoms with van der Waals surface area (Å²) in [5, 5.41) is 15.5. The van der Waals surface area contributed by atoms with Crippen LogP contribution in [0.5, 0.6) is 0 Å². The normalized spacial score (nSPS) is 12.9. The van der Waals surface area contributed by atoms with Gasteiger partial charge in [-0.2, -0.15) is 4.98 Å². The van der Waals surface area contributed by atoms with Gasteiger partial charge in [0.05, 0.1) is 8.45 Å². The molecule has 2 aromatic heterocycles. The summed E-state index contributed by atoms with van der Waals surface area (Å²) in [6, 6.07) is 1.98. The zero-order valence-corrected chi connectivity index (χ0v) is 11.7. The Kier molecular flexibility index (Phi) is 3.93. The fourth-order valence-electron chi connectivity index (χ4n) is 1.31. The SMILES string of the molecule is CCCC(O)c1noc(-c2csc(I)c2)n1. The van der Waals surface area contributed by atoms with E-state index < -0.39 is 6.10 Å². The molecule has 2 heterocycles. The second kappa shape index (κ2) is 5.24.